The van der Waals surface area contributed by atoms with Crippen molar-refractivity contribution in [2.45, 2.75) is 19.8 Å². The summed E-state index contributed by atoms with van der Waals surface area (Å²) in [5, 5.41) is 2.02. The number of isothiocyanates is 1. The highest BCUT2D eigenvalue weighted by molar-refractivity contribution is 7.78. The Bertz CT molecular complexity index is 1080. The standard InChI is InChI=1S/C24H17F2NS/c1-2-3-17-4-9-19(10-5-17)20-11-6-18(7-12-20)8-13-21-14-23(26)24(27-16-28)15-22(21)25/h4-7,9-12,14-15H,2-3H2,1H3. The first kappa shape index (κ1) is 19.6. The lowest BCUT2D eigenvalue weighted by molar-refractivity contribution is 0.599. The van der Waals surface area contributed by atoms with Crippen LogP contribution < -0.4 is 0 Å². The number of halogens is 2. The Balaban J connectivity index is 1.80. The van der Waals surface area contributed by atoms with Crippen LogP contribution in [0.5, 0.6) is 0 Å². The highest BCUT2D eigenvalue weighted by Gasteiger charge is 2.07. The van der Waals surface area contributed by atoms with Crippen LogP contribution in [0.25, 0.3) is 11.1 Å². The molecule has 1 nitrogen and oxygen atoms in total. The Morgan fingerprint density at radius 1 is 0.857 bits per heavy atom. The summed E-state index contributed by atoms with van der Waals surface area (Å²) in [6, 6.07) is 18.1. The molecule has 138 valence electrons. The monoisotopic (exact) mass is 389 g/mol. The molecule has 3 rings (SSSR count). The van der Waals surface area contributed by atoms with Gasteiger partial charge in [0, 0.05) is 11.6 Å². The molecule has 0 atom stereocenters. The van der Waals surface area contributed by atoms with Gasteiger partial charge in [0.1, 0.15) is 11.5 Å². The van der Waals surface area contributed by atoms with E-state index < -0.39 is 11.6 Å². The third-order valence-corrected chi connectivity index (χ3v) is 4.35. The first-order valence-corrected chi connectivity index (χ1v) is 9.30. The minimum atomic E-state index is -0.690. The predicted molar refractivity (Wildman–Crippen MR) is 113 cm³/mol. The molecule has 28 heavy (non-hydrogen) atoms. The van der Waals surface area contributed by atoms with Crippen molar-refractivity contribution < 1.29 is 8.78 Å². The molecule has 0 fully saturated rings. The van der Waals surface area contributed by atoms with Crippen LogP contribution in [0.4, 0.5) is 14.5 Å². The van der Waals surface area contributed by atoms with E-state index in [2.05, 4.69) is 60.2 Å². The molecule has 0 N–H and O–H groups in total. The minimum Gasteiger partial charge on any atom is -0.206 e. The molecule has 0 aliphatic rings. The van der Waals surface area contributed by atoms with E-state index in [1.54, 1.807) is 0 Å². The van der Waals surface area contributed by atoms with Crippen LogP contribution in [0.3, 0.4) is 0 Å². The second-order valence-corrected chi connectivity index (χ2v) is 6.44. The molecule has 0 saturated carbocycles. The summed E-state index contributed by atoms with van der Waals surface area (Å²) < 4.78 is 27.9. The zero-order chi connectivity index (χ0) is 19.9. The zero-order valence-electron chi connectivity index (χ0n) is 15.3. The molecule has 0 aliphatic carbocycles. The number of aliphatic imine (C=N–C) groups is 1. The quantitative estimate of drug-likeness (QED) is 0.274. The van der Waals surface area contributed by atoms with Crippen LogP contribution in [0.15, 0.2) is 65.7 Å². The van der Waals surface area contributed by atoms with Gasteiger partial charge in [-0.05, 0) is 53.5 Å². The van der Waals surface area contributed by atoms with Gasteiger partial charge < -0.3 is 0 Å². The van der Waals surface area contributed by atoms with Crippen LogP contribution in [-0.4, -0.2) is 5.16 Å². The van der Waals surface area contributed by atoms with Crippen molar-refractivity contribution in [1.82, 2.24) is 0 Å². The summed E-state index contributed by atoms with van der Waals surface area (Å²) in [7, 11) is 0. The molecule has 0 amide bonds. The van der Waals surface area contributed by atoms with Gasteiger partial charge in [0.25, 0.3) is 0 Å². The van der Waals surface area contributed by atoms with Crippen LogP contribution >= 0.6 is 12.2 Å². The summed E-state index contributed by atoms with van der Waals surface area (Å²) in [6.07, 6.45) is 2.20. The van der Waals surface area contributed by atoms with E-state index in [0.717, 1.165) is 36.1 Å². The van der Waals surface area contributed by atoms with E-state index in [1.807, 2.05) is 29.4 Å². The van der Waals surface area contributed by atoms with Crippen molar-refractivity contribution in [3.05, 3.63) is 89.0 Å². The first-order valence-electron chi connectivity index (χ1n) is 8.89. The van der Waals surface area contributed by atoms with E-state index in [0.29, 0.717) is 5.56 Å². The molecular weight excluding hydrogens is 372 g/mol. The number of rotatable bonds is 4. The molecular formula is C24H17F2NS. The van der Waals surface area contributed by atoms with E-state index >= 15 is 0 Å². The smallest absolute Gasteiger partial charge is 0.151 e. The third-order valence-electron chi connectivity index (χ3n) is 4.25. The average molecular weight is 389 g/mol. The van der Waals surface area contributed by atoms with Crippen molar-refractivity contribution in [3.63, 3.8) is 0 Å². The maximum absolute atomic E-state index is 14.0. The second-order valence-electron chi connectivity index (χ2n) is 6.26. The fourth-order valence-electron chi connectivity index (χ4n) is 2.81. The summed E-state index contributed by atoms with van der Waals surface area (Å²) in [4.78, 5) is 3.48. The van der Waals surface area contributed by atoms with E-state index in [9.17, 15) is 8.78 Å². The maximum atomic E-state index is 14.0. The number of hydrogen-bond donors (Lipinski definition) is 0. The van der Waals surface area contributed by atoms with Crippen molar-refractivity contribution in [2.75, 3.05) is 0 Å². The fourth-order valence-corrected chi connectivity index (χ4v) is 2.90. The largest absolute Gasteiger partial charge is 0.206 e. The van der Waals surface area contributed by atoms with Crippen molar-refractivity contribution in [2.24, 2.45) is 4.99 Å². The average Bonchev–Trinajstić information content (AvgIpc) is 2.71. The highest BCUT2D eigenvalue weighted by atomic mass is 32.1. The Labute approximate surface area is 168 Å². The highest BCUT2D eigenvalue weighted by Crippen LogP contribution is 2.22. The molecule has 0 radical (unpaired) electrons. The molecule has 0 unspecified atom stereocenters. The summed E-state index contributed by atoms with van der Waals surface area (Å²) in [6.45, 7) is 2.16. The Kier molecular flexibility index (Phi) is 6.45. The maximum Gasteiger partial charge on any atom is 0.151 e. The van der Waals surface area contributed by atoms with Gasteiger partial charge in [-0.15, -0.1) is 0 Å². The lowest BCUT2D eigenvalue weighted by Gasteiger charge is -2.04. The van der Waals surface area contributed by atoms with Gasteiger partial charge in [0.2, 0.25) is 0 Å². The zero-order valence-corrected chi connectivity index (χ0v) is 16.1. The van der Waals surface area contributed by atoms with E-state index in [1.165, 1.54) is 5.56 Å². The van der Waals surface area contributed by atoms with Gasteiger partial charge in [-0.1, -0.05) is 61.6 Å². The van der Waals surface area contributed by atoms with Gasteiger partial charge in [0.15, 0.2) is 5.82 Å². The summed E-state index contributed by atoms with van der Waals surface area (Å²) >= 11 is 4.41. The lowest BCUT2D eigenvalue weighted by Crippen LogP contribution is -1.87. The summed E-state index contributed by atoms with van der Waals surface area (Å²) in [5.41, 5.74) is 4.02. The van der Waals surface area contributed by atoms with Crippen molar-refractivity contribution in [1.29, 1.82) is 0 Å². The minimum absolute atomic E-state index is 0.0311. The molecule has 0 saturated heterocycles. The first-order chi connectivity index (χ1) is 13.6. The van der Waals surface area contributed by atoms with Gasteiger partial charge in [-0.3, -0.25) is 0 Å². The molecule has 0 spiro atoms. The van der Waals surface area contributed by atoms with Gasteiger partial charge in [0.05, 0.1) is 10.7 Å². The third kappa shape index (κ3) is 4.78. The molecule has 0 heterocycles. The van der Waals surface area contributed by atoms with Crippen LogP contribution in [0, 0.1) is 23.5 Å². The van der Waals surface area contributed by atoms with Gasteiger partial charge >= 0.3 is 0 Å². The number of thiocarbonyl (C=S) groups is 1. The lowest BCUT2D eigenvalue weighted by atomic mass is 10.0. The fraction of sp³-hybridized carbons (Fsp3) is 0.125. The van der Waals surface area contributed by atoms with Crippen LogP contribution in [-0.2, 0) is 6.42 Å². The Hall–Kier alpha value is -3.12. The molecule has 4 heteroatoms. The molecule has 0 aliphatic heterocycles. The Morgan fingerprint density at radius 2 is 1.50 bits per heavy atom. The van der Waals surface area contributed by atoms with Crippen molar-refractivity contribution in [3.8, 4) is 23.0 Å². The van der Waals surface area contributed by atoms with E-state index in [4.69, 9.17) is 0 Å². The topological polar surface area (TPSA) is 12.4 Å². The second kappa shape index (κ2) is 9.19. The molecule has 0 aromatic heterocycles. The number of aryl methyl sites for hydroxylation is 1. The number of nitrogens with zero attached hydrogens (tertiary/aromatic N) is 1. The van der Waals surface area contributed by atoms with Gasteiger partial charge in [-0.25, -0.2) is 8.78 Å². The molecule has 0 bridgehead atoms. The normalized spacial score (nSPS) is 9.96. The SMILES string of the molecule is CCCc1ccc(-c2ccc(C#Cc3cc(F)c(N=C=S)cc3F)cc2)cc1. The van der Waals surface area contributed by atoms with Crippen LogP contribution in [0.1, 0.15) is 30.0 Å². The summed E-state index contributed by atoms with van der Waals surface area (Å²) in [5.74, 6) is 4.19. The Morgan fingerprint density at radius 3 is 2.11 bits per heavy atom. The molecule has 3 aromatic carbocycles. The van der Waals surface area contributed by atoms with E-state index in [-0.39, 0.29) is 11.3 Å². The van der Waals surface area contributed by atoms with Crippen LogP contribution in [0.2, 0.25) is 0 Å². The van der Waals surface area contributed by atoms with Crippen molar-refractivity contribution >= 4 is 23.1 Å². The number of hydrogen-bond acceptors (Lipinski definition) is 2. The van der Waals surface area contributed by atoms with Gasteiger partial charge in [-0.2, -0.15) is 4.99 Å². The predicted octanol–water partition coefficient (Wildman–Crippen LogP) is 6.72. The number of benzene rings is 3. The molecule has 3 aromatic rings.